The van der Waals surface area contributed by atoms with Crippen molar-refractivity contribution in [3.63, 3.8) is 0 Å². The molecule has 0 aliphatic carbocycles. The fraction of sp³-hybridized carbons (Fsp3) is 0. The molecule has 94 valence electrons. The third kappa shape index (κ3) is 1.79. The van der Waals surface area contributed by atoms with Crippen LogP contribution in [0.5, 0.6) is 0 Å². The predicted molar refractivity (Wildman–Crippen MR) is 70.2 cm³/mol. The summed E-state index contributed by atoms with van der Waals surface area (Å²) < 4.78 is 1.68. The molecular weight excluding hydrogens is 244 g/mol. The SMILES string of the molecule is Nc1ccc(C(=O)O)nc1-n1cnc2ccccc21. The highest BCUT2D eigenvalue weighted by atomic mass is 16.4. The van der Waals surface area contributed by atoms with Crippen LogP contribution in [0.15, 0.2) is 42.7 Å². The van der Waals surface area contributed by atoms with E-state index in [0.29, 0.717) is 11.5 Å². The Balaban J connectivity index is 2.26. The zero-order valence-corrected chi connectivity index (χ0v) is 9.82. The second kappa shape index (κ2) is 4.09. The van der Waals surface area contributed by atoms with Crippen LogP contribution in [0.4, 0.5) is 5.69 Å². The molecular formula is C13H10N4O2. The summed E-state index contributed by atoms with van der Waals surface area (Å²) in [6.07, 6.45) is 1.58. The number of carbonyl (C=O) groups is 1. The van der Waals surface area contributed by atoms with E-state index in [1.54, 1.807) is 10.9 Å². The van der Waals surface area contributed by atoms with Crippen LogP contribution in [-0.2, 0) is 0 Å². The number of nitrogens with zero attached hydrogens (tertiary/aromatic N) is 3. The summed E-state index contributed by atoms with van der Waals surface area (Å²) in [6, 6.07) is 10.4. The molecule has 0 radical (unpaired) electrons. The average molecular weight is 254 g/mol. The molecule has 3 aromatic rings. The van der Waals surface area contributed by atoms with Gasteiger partial charge in [0.05, 0.1) is 16.7 Å². The molecule has 6 nitrogen and oxygen atoms in total. The van der Waals surface area contributed by atoms with Crippen LogP contribution >= 0.6 is 0 Å². The zero-order chi connectivity index (χ0) is 13.4. The van der Waals surface area contributed by atoms with E-state index in [1.165, 1.54) is 12.1 Å². The number of nitrogen functional groups attached to an aromatic ring is 1. The van der Waals surface area contributed by atoms with Crippen LogP contribution in [0.3, 0.4) is 0 Å². The lowest BCUT2D eigenvalue weighted by Gasteiger charge is -2.07. The monoisotopic (exact) mass is 254 g/mol. The van der Waals surface area contributed by atoms with Crippen LogP contribution in [-0.4, -0.2) is 25.6 Å². The Bertz CT molecular complexity index is 779. The predicted octanol–water partition coefficient (Wildman–Crippen LogP) is 1.70. The number of para-hydroxylation sites is 2. The van der Waals surface area contributed by atoms with Gasteiger partial charge in [0.15, 0.2) is 11.5 Å². The van der Waals surface area contributed by atoms with Crippen molar-refractivity contribution in [3.05, 3.63) is 48.4 Å². The first-order chi connectivity index (χ1) is 9.16. The fourth-order valence-electron chi connectivity index (χ4n) is 1.90. The minimum Gasteiger partial charge on any atom is -0.477 e. The van der Waals surface area contributed by atoms with Gasteiger partial charge in [-0.1, -0.05) is 12.1 Å². The number of imidazole rings is 1. The van der Waals surface area contributed by atoms with Gasteiger partial charge in [-0.05, 0) is 24.3 Å². The minimum atomic E-state index is -1.09. The Kier molecular flexibility index (Phi) is 2.42. The second-order valence-corrected chi connectivity index (χ2v) is 4.02. The van der Waals surface area contributed by atoms with E-state index in [9.17, 15) is 4.79 Å². The Hall–Kier alpha value is -2.89. The van der Waals surface area contributed by atoms with Crippen molar-refractivity contribution >= 4 is 22.7 Å². The lowest BCUT2D eigenvalue weighted by molar-refractivity contribution is 0.0690. The van der Waals surface area contributed by atoms with E-state index in [4.69, 9.17) is 10.8 Å². The first-order valence-electron chi connectivity index (χ1n) is 5.59. The van der Waals surface area contributed by atoms with Gasteiger partial charge in [-0.2, -0.15) is 0 Å². The van der Waals surface area contributed by atoms with Gasteiger partial charge in [0.2, 0.25) is 0 Å². The topological polar surface area (TPSA) is 94.0 Å². The maximum absolute atomic E-state index is 11.0. The lowest BCUT2D eigenvalue weighted by atomic mass is 10.3. The first-order valence-corrected chi connectivity index (χ1v) is 5.59. The third-order valence-corrected chi connectivity index (χ3v) is 2.81. The molecule has 0 atom stereocenters. The molecule has 0 fully saturated rings. The summed E-state index contributed by atoms with van der Waals surface area (Å²) in [5.41, 5.74) is 7.83. The Morgan fingerprint density at radius 1 is 1.21 bits per heavy atom. The number of hydrogen-bond acceptors (Lipinski definition) is 4. The molecule has 0 unspecified atom stereocenters. The molecule has 0 saturated heterocycles. The largest absolute Gasteiger partial charge is 0.477 e. The van der Waals surface area contributed by atoms with Crippen LogP contribution in [0, 0.1) is 0 Å². The second-order valence-electron chi connectivity index (χ2n) is 4.02. The number of rotatable bonds is 2. The van der Waals surface area contributed by atoms with Crippen molar-refractivity contribution < 1.29 is 9.90 Å². The van der Waals surface area contributed by atoms with Gasteiger partial charge in [-0.3, -0.25) is 4.57 Å². The minimum absolute atomic E-state index is 0.0537. The molecule has 19 heavy (non-hydrogen) atoms. The van der Waals surface area contributed by atoms with Crippen LogP contribution in [0.1, 0.15) is 10.5 Å². The highest BCUT2D eigenvalue weighted by molar-refractivity contribution is 5.86. The zero-order valence-electron chi connectivity index (χ0n) is 9.82. The van der Waals surface area contributed by atoms with Crippen molar-refractivity contribution in [1.29, 1.82) is 0 Å². The standard InChI is InChI=1S/C13H10N4O2/c14-8-5-6-10(13(18)19)16-12(8)17-7-15-9-3-1-2-4-11(9)17/h1-7H,14H2,(H,18,19). The van der Waals surface area contributed by atoms with E-state index in [0.717, 1.165) is 11.0 Å². The van der Waals surface area contributed by atoms with E-state index in [2.05, 4.69) is 9.97 Å². The van der Waals surface area contributed by atoms with Gasteiger partial charge in [-0.25, -0.2) is 14.8 Å². The Labute approximate surface area is 108 Å². The summed E-state index contributed by atoms with van der Waals surface area (Å²) >= 11 is 0. The number of benzene rings is 1. The number of aromatic nitrogens is 3. The van der Waals surface area contributed by atoms with Crippen LogP contribution < -0.4 is 5.73 Å². The number of carboxylic acids is 1. The summed E-state index contributed by atoms with van der Waals surface area (Å²) in [6.45, 7) is 0. The van der Waals surface area contributed by atoms with Crippen molar-refractivity contribution in [2.45, 2.75) is 0 Å². The number of pyridine rings is 1. The van der Waals surface area contributed by atoms with Crippen molar-refractivity contribution in [1.82, 2.24) is 14.5 Å². The lowest BCUT2D eigenvalue weighted by Crippen LogP contribution is -2.07. The smallest absolute Gasteiger partial charge is 0.354 e. The highest BCUT2D eigenvalue weighted by Gasteiger charge is 2.12. The van der Waals surface area contributed by atoms with Gasteiger partial charge in [0.1, 0.15) is 6.33 Å². The molecule has 0 amide bonds. The number of carboxylic acid groups (broad SMARTS) is 1. The maximum atomic E-state index is 11.0. The number of nitrogens with two attached hydrogens (primary N) is 1. The molecule has 0 aliphatic rings. The normalized spacial score (nSPS) is 10.7. The van der Waals surface area contributed by atoms with Crippen LogP contribution in [0.25, 0.3) is 16.9 Å². The van der Waals surface area contributed by atoms with Gasteiger partial charge >= 0.3 is 5.97 Å². The van der Waals surface area contributed by atoms with Crippen molar-refractivity contribution in [2.24, 2.45) is 0 Å². The molecule has 1 aromatic carbocycles. The molecule has 3 N–H and O–H groups in total. The molecule has 3 rings (SSSR count). The van der Waals surface area contributed by atoms with E-state index < -0.39 is 5.97 Å². The Morgan fingerprint density at radius 2 is 2.00 bits per heavy atom. The average Bonchev–Trinajstić information content (AvgIpc) is 2.83. The molecule has 2 heterocycles. The summed E-state index contributed by atoms with van der Waals surface area (Å²) in [7, 11) is 0. The number of anilines is 1. The first kappa shape index (κ1) is 11.2. The van der Waals surface area contributed by atoms with Crippen molar-refractivity contribution in [2.75, 3.05) is 5.73 Å². The molecule has 0 bridgehead atoms. The van der Waals surface area contributed by atoms with E-state index in [1.807, 2.05) is 24.3 Å². The molecule has 0 saturated carbocycles. The summed E-state index contributed by atoms with van der Waals surface area (Å²) in [5, 5.41) is 8.98. The van der Waals surface area contributed by atoms with Gasteiger partial charge in [0, 0.05) is 0 Å². The fourth-order valence-corrected chi connectivity index (χ4v) is 1.90. The van der Waals surface area contributed by atoms with Gasteiger partial charge < -0.3 is 10.8 Å². The van der Waals surface area contributed by atoms with Gasteiger partial charge in [0.25, 0.3) is 0 Å². The van der Waals surface area contributed by atoms with E-state index in [-0.39, 0.29) is 5.69 Å². The Morgan fingerprint density at radius 3 is 2.79 bits per heavy atom. The number of fused-ring (bicyclic) bond motifs is 1. The highest BCUT2D eigenvalue weighted by Crippen LogP contribution is 2.21. The molecule has 6 heteroatoms. The quantitative estimate of drug-likeness (QED) is 0.725. The van der Waals surface area contributed by atoms with Crippen molar-refractivity contribution in [3.8, 4) is 5.82 Å². The maximum Gasteiger partial charge on any atom is 0.354 e. The molecule has 0 aliphatic heterocycles. The number of hydrogen-bond donors (Lipinski definition) is 2. The van der Waals surface area contributed by atoms with Gasteiger partial charge in [-0.15, -0.1) is 0 Å². The molecule has 2 aromatic heterocycles. The summed E-state index contributed by atoms with van der Waals surface area (Å²) in [4.78, 5) is 19.3. The third-order valence-electron chi connectivity index (χ3n) is 2.81. The summed E-state index contributed by atoms with van der Waals surface area (Å²) in [5.74, 6) is -0.723. The van der Waals surface area contributed by atoms with Crippen LogP contribution in [0.2, 0.25) is 0 Å². The molecule has 0 spiro atoms. The van der Waals surface area contributed by atoms with E-state index >= 15 is 0 Å². The number of aromatic carboxylic acids is 1.